The van der Waals surface area contributed by atoms with Gasteiger partial charge >= 0.3 is 29.6 Å². The van der Waals surface area contributed by atoms with Crippen LogP contribution in [0.3, 0.4) is 0 Å². The molecule has 12 heavy (non-hydrogen) atoms. The Hall–Kier alpha value is -0.430. The fraction of sp³-hybridized carbons (Fsp3) is 0. The van der Waals surface area contributed by atoms with E-state index in [2.05, 4.69) is 32.6 Å². The van der Waals surface area contributed by atoms with Gasteiger partial charge in [0.2, 0.25) is 0 Å². The van der Waals surface area contributed by atoms with Crippen LogP contribution < -0.4 is 35.1 Å². The van der Waals surface area contributed by atoms with E-state index in [0.717, 1.165) is 0 Å². The molecule has 0 saturated carbocycles. The summed E-state index contributed by atoms with van der Waals surface area (Å²) < 4.78 is 0. The van der Waals surface area contributed by atoms with Crippen LogP contribution in [-0.4, -0.2) is 19.9 Å². The van der Waals surface area contributed by atoms with Crippen molar-refractivity contribution in [3.8, 4) is 0 Å². The standard InChI is InChI=1S/C5H4N4OS.Na/c10-4-2-3(7-1-6-2)8-5(11)9-4;/h1H,(H3,6,7,8,9,10,11);/q;+1/p-1/i8+1,9+1;. The number of hydrogen-bond acceptors (Lipinski definition) is 4. The van der Waals surface area contributed by atoms with E-state index in [1.54, 1.807) is 0 Å². The molecule has 56 valence electrons. The topological polar surface area (TPSA) is 74.4 Å². The summed E-state index contributed by atoms with van der Waals surface area (Å²) in [6.07, 6.45) is 1.40. The molecule has 0 spiro atoms. The average molecular weight is 192 g/mol. The number of nitrogens with one attached hydrogen (secondary N) is 2. The Morgan fingerprint density at radius 1 is 1.50 bits per heavy atom. The van der Waals surface area contributed by atoms with Gasteiger partial charge in [-0.1, -0.05) is 0 Å². The number of hydrogen-bond donors (Lipinski definition) is 2. The first-order valence-electron chi connectivity index (χ1n) is 2.88. The van der Waals surface area contributed by atoms with Crippen molar-refractivity contribution in [3.63, 3.8) is 0 Å². The van der Waals surface area contributed by atoms with Crippen LogP contribution in [0.4, 0.5) is 0 Å². The maximum Gasteiger partial charge on any atom is 1.00 e. The third-order valence-electron chi connectivity index (χ3n) is 1.27. The summed E-state index contributed by atoms with van der Waals surface area (Å²) in [5.41, 5.74) is 0.440. The summed E-state index contributed by atoms with van der Waals surface area (Å²) in [4.78, 5) is 23.7. The van der Waals surface area contributed by atoms with Crippen molar-refractivity contribution in [1.29, 1.82) is 0 Å². The van der Waals surface area contributed by atoms with Crippen molar-refractivity contribution in [1.82, 2.24) is 19.9 Å². The minimum atomic E-state index is -0.280. The fourth-order valence-electron chi connectivity index (χ4n) is 0.823. The van der Waals surface area contributed by atoms with Gasteiger partial charge in [-0.05, 0) is 5.16 Å². The minimum absolute atomic E-state index is 0. The Balaban J connectivity index is 0.000000720. The molecule has 2 rings (SSSR count). The van der Waals surface area contributed by atoms with Crippen LogP contribution >= 0.6 is 0 Å². The van der Waals surface area contributed by atoms with Crippen molar-refractivity contribution in [2.75, 3.05) is 0 Å². The van der Waals surface area contributed by atoms with Crippen molar-refractivity contribution < 1.29 is 29.6 Å². The largest absolute Gasteiger partial charge is 1.00 e. The van der Waals surface area contributed by atoms with E-state index < -0.39 is 0 Å². The van der Waals surface area contributed by atoms with Crippen molar-refractivity contribution in [2.24, 2.45) is 0 Å². The first-order chi connectivity index (χ1) is 5.27. The first kappa shape index (κ1) is 9.66. The number of aromatic amines is 2. The van der Waals surface area contributed by atoms with Crippen LogP contribution in [0.25, 0.3) is 11.2 Å². The van der Waals surface area contributed by atoms with Gasteiger partial charge in [-0.25, -0.2) is 9.97 Å². The SMILES string of the molecule is O=c1[15nH]c([S-])[15n]c2nc[nH]c12.[Na+]. The molecule has 7 heteroatoms. The van der Waals surface area contributed by atoms with E-state index >= 15 is 0 Å². The molecule has 0 aliphatic rings. The van der Waals surface area contributed by atoms with Crippen LogP contribution in [0, 0.1) is 0 Å². The van der Waals surface area contributed by atoms with Crippen LogP contribution in [0.15, 0.2) is 16.3 Å². The monoisotopic (exact) mass is 192 g/mol. The van der Waals surface area contributed by atoms with Gasteiger partial charge < -0.3 is 22.6 Å². The molecule has 0 unspecified atom stereocenters. The van der Waals surface area contributed by atoms with Gasteiger partial charge in [0.05, 0.1) is 6.33 Å². The first-order valence-corrected chi connectivity index (χ1v) is 3.28. The zero-order valence-electron chi connectivity index (χ0n) is 6.29. The second-order valence-electron chi connectivity index (χ2n) is 1.97. The van der Waals surface area contributed by atoms with E-state index in [-0.39, 0.29) is 40.3 Å². The summed E-state index contributed by atoms with van der Waals surface area (Å²) >= 11 is 4.67. The smallest absolute Gasteiger partial charge is 0.742 e. The van der Waals surface area contributed by atoms with Crippen LogP contribution in [-0.2, 0) is 12.6 Å². The maximum atomic E-state index is 11.0. The predicted molar refractivity (Wildman–Crippen MR) is 40.1 cm³/mol. The van der Waals surface area contributed by atoms with Gasteiger partial charge in [-0.2, -0.15) is 0 Å². The second-order valence-corrected chi connectivity index (χ2v) is 2.36. The molecule has 0 fully saturated rings. The quantitative estimate of drug-likeness (QED) is 0.259. The number of nitrogens with zero attached hydrogens (tertiary/aromatic N) is 2. The van der Waals surface area contributed by atoms with Crippen LogP contribution in [0.5, 0.6) is 0 Å². The zero-order chi connectivity index (χ0) is 7.84. The Labute approximate surface area is 94.7 Å². The van der Waals surface area contributed by atoms with E-state index in [4.69, 9.17) is 0 Å². The molecule has 5 nitrogen and oxygen atoms in total. The zero-order valence-corrected chi connectivity index (χ0v) is 9.10. The molecule has 2 N–H and O–H groups in total. The maximum absolute atomic E-state index is 11.0. The summed E-state index contributed by atoms with van der Waals surface area (Å²) in [5.74, 6) is 0. The Bertz CT molecular complexity index is 450. The van der Waals surface area contributed by atoms with Crippen LogP contribution in [0.2, 0.25) is 0 Å². The molecule has 2 aromatic heterocycles. The molecule has 0 aromatic carbocycles. The number of imidazole rings is 1. The molecular weight excluding hydrogens is 189 g/mol. The summed E-state index contributed by atoms with van der Waals surface area (Å²) in [7, 11) is 0. The van der Waals surface area contributed by atoms with Gasteiger partial charge in [0, 0.05) is 0 Å². The summed E-state index contributed by atoms with van der Waals surface area (Å²) in [5, 5.41) is 0.162. The number of rotatable bonds is 0. The number of aromatic nitrogens is 4. The third kappa shape index (κ3) is 1.51. The molecule has 0 saturated heterocycles. The Morgan fingerprint density at radius 3 is 3.00 bits per heavy atom. The van der Waals surface area contributed by atoms with Gasteiger partial charge in [0.25, 0.3) is 5.56 Å². The predicted octanol–water partition coefficient (Wildman–Crippen LogP) is -3.44. The molecule has 2 aromatic rings. The minimum Gasteiger partial charge on any atom is -0.742 e. The van der Waals surface area contributed by atoms with Gasteiger partial charge in [-0.3, -0.25) is 4.79 Å². The Kier molecular flexibility index (Phi) is 2.84. The molecular formula is C5H3N4NaOS. The van der Waals surface area contributed by atoms with Crippen molar-refractivity contribution >= 4 is 23.8 Å². The Morgan fingerprint density at radius 2 is 2.25 bits per heavy atom. The van der Waals surface area contributed by atoms with E-state index in [1.807, 2.05) is 0 Å². The van der Waals surface area contributed by atoms with Crippen molar-refractivity contribution in [2.45, 2.75) is 5.16 Å². The van der Waals surface area contributed by atoms with Gasteiger partial charge in [-0.15, -0.1) is 0 Å². The van der Waals surface area contributed by atoms with Crippen molar-refractivity contribution in [3.05, 3.63) is 16.7 Å². The van der Waals surface area contributed by atoms with Gasteiger partial charge in [0.1, 0.15) is 0 Å². The number of H-pyrrole nitrogens is 2. The van der Waals surface area contributed by atoms with Crippen LogP contribution in [0.1, 0.15) is 0 Å². The van der Waals surface area contributed by atoms with E-state index in [1.165, 1.54) is 6.33 Å². The molecule has 0 amide bonds. The second kappa shape index (κ2) is 3.53. The molecule has 0 atom stereocenters. The van der Waals surface area contributed by atoms with E-state index in [0.29, 0.717) is 11.2 Å². The number of fused-ring (bicyclic) bond motifs is 1. The average Bonchev–Trinajstić information content (AvgIpc) is 2.34. The third-order valence-corrected chi connectivity index (χ3v) is 1.47. The fourth-order valence-corrected chi connectivity index (χ4v) is 1.00. The molecule has 2 heterocycles. The normalized spacial score (nSPS) is 9.67. The molecule has 0 aliphatic heterocycles. The summed E-state index contributed by atoms with van der Waals surface area (Å²) in [6, 6.07) is 0. The van der Waals surface area contributed by atoms with Gasteiger partial charge in [0.15, 0.2) is 11.2 Å². The molecule has 0 bridgehead atoms. The molecule has 0 aliphatic carbocycles. The van der Waals surface area contributed by atoms with E-state index in [9.17, 15) is 4.79 Å². The molecule has 0 radical (unpaired) electrons. The summed E-state index contributed by atoms with van der Waals surface area (Å²) in [6.45, 7) is 0.